The summed E-state index contributed by atoms with van der Waals surface area (Å²) in [7, 11) is 1.64. The third-order valence-corrected chi connectivity index (χ3v) is 7.31. The fourth-order valence-corrected chi connectivity index (χ4v) is 4.98. The molecule has 36 heavy (non-hydrogen) atoms. The van der Waals surface area contributed by atoms with Crippen molar-refractivity contribution in [2.45, 2.75) is 32.7 Å². The highest BCUT2D eigenvalue weighted by Gasteiger charge is 2.42. The second-order valence-corrected chi connectivity index (χ2v) is 9.48. The Balaban J connectivity index is 1.57. The van der Waals surface area contributed by atoms with Gasteiger partial charge in [-0.25, -0.2) is 0 Å². The van der Waals surface area contributed by atoms with Crippen LogP contribution in [0.15, 0.2) is 60.7 Å². The van der Waals surface area contributed by atoms with Gasteiger partial charge in [-0.1, -0.05) is 54.9 Å². The number of halogens is 1. The van der Waals surface area contributed by atoms with Gasteiger partial charge in [0.25, 0.3) is 5.91 Å². The average molecular weight is 502 g/mol. The van der Waals surface area contributed by atoms with Crippen LogP contribution in [0.1, 0.15) is 51.3 Å². The van der Waals surface area contributed by atoms with Crippen molar-refractivity contribution in [3.63, 3.8) is 0 Å². The van der Waals surface area contributed by atoms with Crippen molar-refractivity contribution in [2.24, 2.45) is 0 Å². The summed E-state index contributed by atoms with van der Waals surface area (Å²) in [5.41, 5.74) is 6.35. The Morgan fingerprint density at radius 2 is 1.78 bits per heavy atom. The normalized spacial score (nSPS) is 14.8. The lowest BCUT2D eigenvalue weighted by molar-refractivity contribution is 0.0746. The molecule has 2 heterocycles. The molecule has 2 N–H and O–H groups in total. The number of phenolic OH excluding ortho intramolecular Hbond substituents is 1. The number of aromatic hydroxyl groups is 1. The molecule has 1 aliphatic heterocycles. The molecule has 1 aromatic heterocycles. The van der Waals surface area contributed by atoms with E-state index in [1.165, 1.54) is 5.56 Å². The van der Waals surface area contributed by atoms with E-state index < -0.39 is 0 Å². The molecule has 5 rings (SSSR count). The lowest BCUT2D eigenvalue weighted by Crippen LogP contribution is -2.31. The van der Waals surface area contributed by atoms with Crippen LogP contribution in [0.4, 0.5) is 0 Å². The second-order valence-electron chi connectivity index (χ2n) is 9.07. The van der Waals surface area contributed by atoms with Gasteiger partial charge < -0.3 is 14.7 Å². The quantitative estimate of drug-likeness (QED) is 0.320. The van der Waals surface area contributed by atoms with Crippen molar-refractivity contribution in [3.05, 3.63) is 99.2 Å². The van der Waals surface area contributed by atoms with Crippen molar-refractivity contribution in [1.29, 1.82) is 0 Å². The summed E-state index contributed by atoms with van der Waals surface area (Å²) >= 11 is 6.40. The molecule has 3 aromatic carbocycles. The number of hydrogen-bond acceptors (Lipinski definition) is 4. The number of phenols is 1. The molecule has 0 aliphatic carbocycles. The van der Waals surface area contributed by atoms with E-state index in [9.17, 15) is 9.90 Å². The number of carbonyl (C=O) groups excluding carboxylic acids is 1. The van der Waals surface area contributed by atoms with Gasteiger partial charge in [-0.15, -0.1) is 0 Å². The van der Waals surface area contributed by atoms with Crippen LogP contribution < -0.4 is 4.74 Å². The first-order chi connectivity index (χ1) is 17.4. The molecule has 184 valence electrons. The zero-order valence-corrected chi connectivity index (χ0v) is 21.3. The zero-order valence-electron chi connectivity index (χ0n) is 20.5. The maximum absolute atomic E-state index is 13.6. The summed E-state index contributed by atoms with van der Waals surface area (Å²) in [6, 6.07) is 19.2. The summed E-state index contributed by atoms with van der Waals surface area (Å²) in [6.45, 7) is 4.47. The number of methoxy groups -OCH3 is 1. The van der Waals surface area contributed by atoms with Gasteiger partial charge in [0.15, 0.2) is 0 Å². The van der Waals surface area contributed by atoms with E-state index in [1.807, 2.05) is 36.1 Å². The number of aromatic nitrogens is 2. The van der Waals surface area contributed by atoms with E-state index in [2.05, 4.69) is 41.4 Å². The summed E-state index contributed by atoms with van der Waals surface area (Å²) < 4.78 is 5.26. The van der Waals surface area contributed by atoms with Crippen LogP contribution in [0.5, 0.6) is 11.5 Å². The van der Waals surface area contributed by atoms with Crippen LogP contribution in [-0.4, -0.2) is 39.8 Å². The minimum absolute atomic E-state index is 0.0791. The van der Waals surface area contributed by atoms with Gasteiger partial charge in [-0.2, -0.15) is 5.10 Å². The Hall–Kier alpha value is -3.77. The van der Waals surface area contributed by atoms with Crippen molar-refractivity contribution >= 4 is 17.5 Å². The predicted molar refractivity (Wildman–Crippen MR) is 141 cm³/mol. The number of aryl methyl sites for hydroxylation is 2. The molecule has 6 nitrogen and oxygen atoms in total. The summed E-state index contributed by atoms with van der Waals surface area (Å²) in [6.07, 6.45) is 1.62. The predicted octanol–water partition coefficient (Wildman–Crippen LogP) is 6.10. The smallest absolute Gasteiger partial charge is 0.273 e. The standard InChI is InChI=1S/C29H28ClN3O3/c1-4-18-5-9-20(10-6-18)28-25-26(22-16-23(30)17(2)15-24(22)34)31-32-27(25)29(35)33(28)14-13-19-7-11-21(36-3)12-8-19/h5-12,15-16,28,34H,4,13-14H2,1-3H3,(H,31,32). The lowest BCUT2D eigenvalue weighted by atomic mass is 9.94. The molecule has 1 unspecified atom stereocenters. The second kappa shape index (κ2) is 9.70. The van der Waals surface area contributed by atoms with E-state index >= 15 is 0 Å². The number of ether oxygens (including phenoxy) is 1. The molecule has 4 aromatic rings. The van der Waals surface area contributed by atoms with Gasteiger partial charge in [-0.3, -0.25) is 9.89 Å². The molecule has 0 spiro atoms. The number of benzene rings is 3. The van der Waals surface area contributed by atoms with Gasteiger partial charge in [0.1, 0.15) is 22.9 Å². The van der Waals surface area contributed by atoms with Crippen LogP contribution >= 0.6 is 11.6 Å². The Labute approximate surface area is 215 Å². The number of nitrogens with one attached hydrogen (secondary N) is 1. The SMILES string of the molecule is CCc1ccc(C2c3c(-c4cc(Cl)c(C)cc4O)n[nH]c3C(=O)N2CCc2ccc(OC)cc2)cc1. The fourth-order valence-electron chi connectivity index (χ4n) is 4.81. The summed E-state index contributed by atoms with van der Waals surface area (Å²) in [5.74, 6) is 0.766. The zero-order chi connectivity index (χ0) is 25.4. The highest BCUT2D eigenvalue weighted by molar-refractivity contribution is 6.31. The van der Waals surface area contributed by atoms with Crippen LogP contribution in [0, 0.1) is 6.92 Å². The first kappa shape index (κ1) is 23.9. The van der Waals surface area contributed by atoms with Crippen molar-refractivity contribution in [3.8, 4) is 22.8 Å². The van der Waals surface area contributed by atoms with Crippen LogP contribution in [0.2, 0.25) is 5.02 Å². The molecule has 0 bridgehead atoms. The van der Waals surface area contributed by atoms with Crippen LogP contribution in [0.3, 0.4) is 0 Å². The number of aromatic amines is 1. The lowest BCUT2D eigenvalue weighted by Gasteiger charge is -2.27. The number of amides is 1. The Kier molecular flexibility index (Phi) is 6.46. The van der Waals surface area contributed by atoms with Gasteiger partial charge in [-0.05, 0) is 66.3 Å². The molecule has 0 fully saturated rings. The number of carbonyl (C=O) groups is 1. The van der Waals surface area contributed by atoms with E-state index in [0.29, 0.717) is 34.9 Å². The minimum atomic E-state index is -0.343. The molecule has 0 saturated carbocycles. The highest BCUT2D eigenvalue weighted by atomic mass is 35.5. The van der Waals surface area contributed by atoms with Crippen LogP contribution in [-0.2, 0) is 12.8 Å². The van der Waals surface area contributed by atoms with Gasteiger partial charge in [0.2, 0.25) is 0 Å². The van der Waals surface area contributed by atoms with Crippen molar-refractivity contribution in [1.82, 2.24) is 15.1 Å². The number of nitrogens with zero attached hydrogens (tertiary/aromatic N) is 2. The molecular formula is C29H28ClN3O3. The molecule has 1 aliphatic rings. The third-order valence-electron chi connectivity index (χ3n) is 6.90. The molecule has 0 saturated heterocycles. The van der Waals surface area contributed by atoms with Gasteiger partial charge in [0, 0.05) is 22.7 Å². The molecule has 7 heteroatoms. The first-order valence-electron chi connectivity index (χ1n) is 12.0. The number of rotatable bonds is 7. The Morgan fingerprint density at radius 3 is 2.44 bits per heavy atom. The average Bonchev–Trinajstić information content (AvgIpc) is 3.44. The fraction of sp³-hybridized carbons (Fsp3) is 0.241. The van der Waals surface area contributed by atoms with E-state index in [-0.39, 0.29) is 17.7 Å². The largest absolute Gasteiger partial charge is 0.507 e. The molecule has 1 amide bonds. The van der Waals surface area contributed by atoms with Crippen LogP contribution in [0.25, 0.3) is 11.3 Å². The monoisotopic (exact) mass is 501 g/mol. The van der Waals surface area contributed by atoms with Gasteiger partial charge in [0.05, 0.1) is 13.2 Å². The van der Waals surface area contributed by atoms with E-state index in [4.69, 9.17) is 16.3 Å². The van der Waals surface area contributed by atoms with Gasteiger partial charge >= 0.3 is 0 Å². The maximum atomic E-state index is 13.6. The summed E-state index contributed by atoms with van der Waals surface area (Å²) in [4.78, 5) is 15.5. The number of fused-ring (bicyclic) bond motifs is 1. The Bertz CT molecular complexity index is 1410. The number of H-pyrrole nitrogens is 1. The molecule has 0 radical (unpaired) electrons. The molecular weight excluding hydrogens is 474 g/mol. The van der Waals surface area contributed by atoms with Crippen molar-refractivity contribution in [2.75, 3.05) is 13.7 Å². The first-order valence-corrected chi connectivity index (χ1v) is 12.4. The number of hydrogen-bond donors (Lipinski definition) is 2. The summed E-state index contributed by atoms with van der Waals surface area (Å²) in [5, 5.41) is 18.7. The minimum Gasteiger partial charge on any atom is -0.507 e. The van der Waals surface area contributed by atoms with E-state index in [0.717, 1.165) is 34.4 Å². The maximum Gasteiger partial charge on any atom is 0.273 e. The highest BCUT2D eigenvalue weighted by Crippen LogP contribution is 2.45. The van der Waals surface area contributed by atoms with Crippen molar-refractivity contribution < 1.29 is 14.6 Å². The topological polar surface area (TPSA) is 78.5 Å². The molecule has 1 atom stereocenters. The third kappa shape index (κ3) is 4.22. The Morgan fingerprint density at radius 1 is 1.08 bits per heavy atom. The van der Waals surface area contributed by atoms with E-state index in [1.54, 1.807) is 19.2 Å².